The average molecular weight is 179 g/mol. The number of halogens is 1. The van der Waals surface area contributed by atoms with Crippen molar-refractivity contribution in [1.82, 2.24) is 0 Å². The Morgan fingerprint density at radius 1 is 1.40 bits per heavy atom. The van der Waals surface area contributed by atoms with Crippen LogP contribution in [0.1, 0.15) is 20.8 Å². The van der Waals surface area contributed by atoms with E-state index in [4.69, 9.17) is 16.3 Å². The molecule has 0 aliphatic carbocycles. The summed E-state index contributed by atoms with van der Waals surface area (Å²) in [5.74, 6) is 0. The number of ether oxygens (including phenoxy) is 1. The molecule has 0 unspecified atom stereocenters. The van der Waals surface area contributed by atoms with Gasteiger partial charge in [0.2, 0.25) is 0 Å². The Labute approximate surface area is 70.9 Å². The summed E-state index contributed by atoms with van der Waals surface area (Å²) in [5, 5.41) is 0.454. The Morgan fingerprint density at radius 2 is 2.00 bits per heavy atom. The van der Waals surface area contributed by atoms with Crippen molar-refractivity contribution < 1.29 is 4.74 Å². The van der Waals surface area contributed by atoms with E-state index < -0.39 is 0 Å². The molecule has 0 aliphatic rings. The van der Waals surface area contributed by atoms with Crippen LogP contribution in [0.25, 0.3) is 0 Å². The zero-order chi connectivity index (χ0) is 8.04. The molecule has 0 N–H and O–H groups in total. The third kappa shape index (κ3) is 8.47. The Bertz CT molecular complexity index is 80.2. The van der Waals surface area contributed by atoms with Gasteiger partial charge in [0, 0.05) is 16.1 Å². The van der Waals surface area contributed by atoms with E-state index in [9.17, 15) is 0 Å². The minimum Gasteiger partial charge on any atom is -0.366 e. The Balaban J connectivity index is 3.04. The fourth-order valence-electron chi connectivity index (χ4n) is 0.553. The summed E-state index contributed by atoms with van der Waals surface area (Å²) >= 11 is 5.33. The molecule has 0 atom stereocenters. The molecule has 60 valence electrons. The Kier molecular flexibility index (Phi) is 5.40. The second kappa shape index (κ2) is 5.16. The summed E-state index contributed by atoms with van der Waals surface area (Å²) in [7, 11) is 0.968. The van der Waals surface area contributed by atoms with Gasteiger partial charge < -0.3 is 4.74 Å². The van der Waals surface area contributed by atoms with Crippen LogP contribution in [0.5, 0.6) is 0 Å². The van der Waals surface area contributed by atoms with E-state index in [1.165, 1.54) is 0 Å². The fraction of sp³-hybridized carbons (Fsp3) is 1.00. The molecule has 0 aliphatic heterocycles. The molecule has 0 bridgehead atoms. The lowest BCUT2D eigenvalue weighted by atomic mass is 10.3. The van der Waals surface area contributed by atoms with E-state index in [-0.39, 0.29) is 0 Å². The lowest BCUT2D eigenvalue weighted by Gasteiger charge is -2.15. The van der Waals surface area contributed by atoms with Crippen LogP contribution in [0.3, 0.4) is 0 Å². The van der Waals surface area contributed by atoms with Gasteiger partial charge in [0.25, 0.3) is 0 Å². The fourth-order valence-corrected chi connectivity index (χ4v) is 1.66. The number of hydrogen-bond acceptors (Lipinski definition) is 1. The summed E-state index contributed by atoms with van der Waals surface area (Å²) in [6.45, 7) is 7.53. The first-order chi connectivity index (χ1) is 4.56. The van der Waals surface area contributed by atoms with Crippen LogP contribution in [0, 0.1) is 0 Å². The van der Waals surface area contributed by atoms with E-state index in [0.717, 1.165) is 22.2 Å². The molecule has 0 aromatic rings. The van der Waals surface area contributed by atoms with Gasteiger partial charge in [0.05, 0.1) is 0 Å². The maximum Gasteiger partial charge on any atom is 0.120 e. The molecule has 0 spiro atoms. The molecule has 2 radical (unpaired) electrons. The first kappa shape index (κ1) is 10.5. The quantitative estimate of drug-likeness (QED) is 0.365. The molecule has 0 rings (SSSR count). The predicted octanol–water partition coefficient (Wildman–Crippen LogP) is 2.54. The topological polar surface area (TPSA) is 9.23 Å². The van der Waals surface area contributed by atoms with Crippen molar-refractivity contribution in [3.63, 3.8) is 0 Å². The van der Waals surface area contributed by atoms with E-state index in [0.29, 0.717) is 11.1 Å². The zero-order valence-electron chi connectivity index (χ0n) is 6.91. The standard InChI is InChI=1S/C7H15ClOSi/c1-7(2,3)10-5-4-9-6-8/h4-6H2,1-3H3. The lowest BCUT2D eigenvalue weighted by Crippen LogP contribution is -2.10. The molecule has 0 saturated heterocycles. The molecule has 3 heteroatoms. The minimum absolute atomic E-state index is 0.328. The van der Waals surface area contributed by atoms with Gasteiger partial charge in [-0.2, -0.15) is 0 Å². The van der Waals surface area contributed by atoms with Gasteiger partial charge in [-0.3, -0.25) is 0 Å². The average Bonchev–Trinajstić information content (AvgIpc) is 1.78. The maximum atomic E-state index is 5.33. The molecule has 0 heterocycles. The third-order valence-corrected chi connectivity index (χ3v) is 2.65. The van der Waals surface area contributed by atoms with Crippen molar-refractivity contribution >= 4 is 21.1 Å². The van der Waals surface area contributed by atoms with Crippen LogP contribution >= 0.6 is 11.6 Å². The maximum absolute atomic E-state index is 5.33. The Hall–Kier alpha value is 0.467. The molecule has 0 amide bonds. The van der Waals surface area contributed by atoms with Crippen LogP contribution in [-0.2, 0) is 4.74 Å². The van der Waals surface area contributed by atoms with Crippen LogP contribution in [-0.4, -0.2) is 22.2 Å². The second-order valence-electron chi connectivity index (χ2n) is 3.19. The van der Waals surface area contributed by atoms with Crippen molar-refractivity contribution in [2.45, 2.75) is 31.9 Å². The molecule has 10 heavy (non-hydrogen) atoms. The third-order valence-electron chi connectivity index (χ3n) is 0.979. The van der Waals surface area contributed by atoms with Crippen molar-refractivity contribution in [2.24, 2.45) is 0 Å². The predicted molar refractivity (Wildman–Crippen MR) is 46.9 cm³/mol. The van der Waals surface area contributed by atoms with Crippen molar-refractivity contribution in [1.29, 1.82) is 0 Å². The first-order valence-corrected chi connectivity index (χ1v) is 5.19. The highest BCUT2D eigenvalue weighted by Crippen LogP contribution is 2.21. The van der Waals surface area contributed by atoms with E-state index in [2.05, 4.69) is 20.8 Å². The normalized spacial score (nSPS) is 12.0. The van der Waals surface area contributed by atoms with Gasteiger partial charge in [0.15, 0.2) is 0 Å². The highest BCUT2D eigenvalue weighted by molar-refractivity contribution is 6.39. The summed E-state index contributed by atoms with van der Waals surface area (Å²) < 4.78 is 5.00. The molecule has 0 aromatic heterocycles. The van der Waals surface area contributed by atoms with Crippen LogP contribution in [0.15, 0.2) is 0 Å². The number of rotatable bonds is 4. The minimum atomic E-state index is 0.328. The second-order valence-corrected chi connectivity index (χ2v) is 5.77. The van der Waals surface area contributed by atoms with Crippen molar-refractivity contribution in [3.05, 3.63) is 0 Å². The lowest BCUT2D eigenvalue weighted by molar-refractivity contribution is 0.194. The number of alkyl halides is 1. The summed E-state index contributed by atoms with van der Waals surface area (Å²) in [5.41, 5.74) is 0. The molecule has 0 saturated carbocycles. The molecule has 1 nitrogen and oxygen atoms in total. The molecule has 0 aromatic carbocycles. The van der Waals surface area contributed by atoms with E-state index >= 15 is 0 Å². The van der Waals surface area contributed by atoms with Gasteiger partial charge in [0.1, 0.15) is 6.07 Å². The smallest absolute Gasteiger partial charge is 0.120 e. The molecular weight excluding hydrogens is 164 g/mol. The SMILES string of the molecule is CC(C)(C)[Si]CCOCCl. The van der Waals surface area contributed by atoms with Crippen molar-refractivity contribution in [2.75, 3.05) is 12.7 Å². The van der Waals surface area contributed by atoms with E-state index in [1.54, 1.807) is 0 Å². The molecule has 0 fully saturated rings. The Morgan fingerprint density at radius 3 is 2.40 bits per heavy atom. The van der Waals surface area contributed by atoms with Crippen LogP contribution in [0.4, 0.5) is 0 Å². The summed E-state index contributed by atoms with van der Waals surface area (Å²) in [6, 6.07) is 1.46. The zero-order valence-corrected chi connectivity index (χ0v) is 8.66. The summed E-state index contributed by atoms with van der Waals surface area (Å²) in [4.78, 5) is 0. The first-order valence-electron chi connectivity index (χ1n) is 3.45. The van der Waals surface area contributed by atoms with Crippen LogP contribution in [0.2, 0.25) is 11.1 Å². The van der Waals surface area contributed by atoms with Gasteiger partial charge in [-0.25, -0.2) is 0 Å². The highest BCUT2D eigenvalue weighted by atomic mass is 35.5. The molecular formula is C7H15ClOSi. The van der Waals surface area contributed by atoms with Gasteiger partial charge >= 0.3 is 0 Å². The number of hydrogen-bond donors (Lipinski definition) is 0. The summed E-state index contributed by atoms with van der Waals surface area (Å²) in [6.07, 6.45) is 0. The van der Waals surface area contributed by atoms with E-state index in [1.807, 2.05) is 0 Å². The largest absolute Gasteiger partial charge is 0.366 e. The van der Waals surface area contributed by atoms with Crippen molar-refractivity contribution in [3.8, 4) is 0 Å². The van der Waals surface area contributed by atoms with Crippen LogP contribution < -0.4 is 0 Å². The highest BCUT2D eigenvalue weighted by Gasteiger charge is 2.09. The van der Waals surface area contributed by atoms with Gasteiger partial charge in [-0.1, -0.05) is 32.4 Å². The monoisotopic (exact) mass is 178 g/mol. The van der Waals surface area contributed by atoms with Gasteiger partial charge in [-0.15, -0.1) is 0 Å². The van der Waals surface area contributed by atoms with Gasteiger partial charge in [-0.05, 0) is 11.1 Å².